The van der Waals surface area contributed by atoms with Crippen LogP contribution in [0, 0.1) is 0 Å². The van der Waals surface area contributed by atoms with Crippen LogP contribution < -0.4 is 19.5 Å². The lowest BCUT2D eigenvalue weighted by atomic mass is 10.2. The van der Waals surface area contributed by atoms with Gasteiger partial charge in [0.25, 0.3) is 5.91 Å². The van der Waals surface area contributed by atoms with E-state index in [9.17, 15) is 18.0 Å². The fraction of sp³-hybridized carbons (Fsp3) is 0.217. The van der Waals surface area contributed by atoms with Crippen molar-refractivity contribution < 1.29 is 32.2 Å². The van der Waals surface area contributed by atoms with E-state index < -0.39 is 12.8 Å². The van der Waals surface area contributed by atoms with Crippen molar-refractivity contribution in [1.82, 2.24) is 10.3 Å². The average Bonchev–Trinajstić information content (AvgIpc) is 2.78. The summed E-state index contributed by atoms with van der Waals surface area (Å²) in [7, 11) is 0. The highest BCUT2D eigenvalue weighted by Gasteiger charge is 2.28. The van der Waals surface area contributed by atoms with Gasteiger partial charge in [-0.25, -0.2) is 4.98 Å². The van der Waals surface area contributed by atoms with Crippen molar-refractivity contribution >= 4 is 5.91 Å². The number of para-hydroxylation sites is 2. The van der Waals surface area contributed by atoms with E-state index in [1.807, 2.05) is 19.1 Å². The van der Waals surface area contributed by atoms with Gasteiger partial charge in [0, 0.05) is 24.4 Å². The summed E-state index contributed by atoms with van der Waals surface area (Å²) < 4.78 is 52.5. The molecule has 9 heteroatoms. The summed E-state index contributed by atoms with van der Waals surface area (Å²) in [6.07, 6.45) is -2.84. The number of nitrogens with one attached hydrogen (secondary N) is 1. The number of amides is 1. The molecule has 6 nitrogen and oxygen atoms in total. The summed E-state index contributed by atoms with van der Waals surface area (Å²) in [5.74, 6) is 1.19. The summed E-state index contributed by atoms with van der Waals surface area (Å²) >= 11 is 0. The van der Waals surface area contributed by atoms with E-state index in [4.69, 9.17) is 9.47 Å². The second-order valence-corrected chi connectivity index (χ2v) is 6.60. The van der Waals surface area contributed by atoms with Crippen molar-refractivity contribution in [3.05, 3.63) is 78.0 Å². The Labute approximate surface area is 183 Å². The van der Waals surface area contributed by atoms with E-state index >= 15 is 0 Å². The smallest absolute Gasteiger partial charge is 0.422 e. The Morgan fingerprint density at radius 1 is 0.969 bits per heavy atom. The maximum atomic E-state index is 12.3. The van der Waals surface area contributed by atoms with Gasteiger partial charge in [0.1, 0.15) is 5.75 Å². The molecule has 32 heavy (non-hydrogen) atoms. The summed E-state index contributed by atoms with van der Waals surface area (Å²) in [6, 6.07) is 16.1. The standard InChI is InChI=1S/C23H21F3N2O4/c1-2-30-19-5-3-4-6-20(19)32-21-12-7-16(13-27-21)14-28-22(29)17-8-10-18(11-9-17)31-15-23(24,25)26/h3-13H,2,14-15H2,1H3,(H,28,29). The van der Waals surface area contributed by atoms with Gasteiger partial charge in [-0.1, -0.05) is 18.2 Å². The molecule has 1 amide bonds. The zero-order chi connectivity index (χ0) is 23.0. The van der Waals surface area contributed by atoms with E-state index in [1.54, 1.807) is 30.5 Å². The minimum atomic E-state index is -4.42. The molecule has 1 N–H and O–H groups in total. The van der Waals surface area contributed by atoms with Crippen LogP contribution in [0.5, 0.6) is 23.1 Å². The van der Waals surface area contributed by atoms with Crippen LogP contribution >= 0.6 is 0 Å². The van der Waals surface area contributed by atoms with E-state index in [1.165, 1.54) is 24.3 Å². The number of ether oxygens (including phenoxy) is 3. The van der Waals surface area contributed by atoms with E-state index in [0.29, 0.717) is 29.5 Å². The number of alkyl halides is 3. The molecule has 0 fully saturated rings. The Bertz CT molecular complexity index is 1020. The zero-order valence-electron chi connectivity index (χ0n) is 17.2. The van der Waals surface area contributed by atoms with Crippen molar-refractivity contribution in [2.75, 3.05) is 13.2 Å². The number of carbonyl (C=O) groups excluding carboxylic acids is 1. The molecule has 0 bridgehead atoms. The minimum absolute atomic E-state index is 0.0320. The molecule has 3 aromatic rings. The lowest BCUT2D eigenvalue weighted by Crippen LogP contribution is -2.23. The second-order valence-electron chi connectivity index (χ2n) is 6.60. The second kappa shape index (κ2) is 10.5. The maximum Gasteiger partial charge on any atom is 0.422 e. The first-order valence-electron chi connectivity index (χ1n) is 9.76. The van der Waals surface area contributed by atoms with Gasteiger partial charge in [0.15, 0.2) is 18.1 Å². The first-order chi connectivity index (χ1) is 15.3. The lowest BCUT2D eigenvalue weighted by molar-refractivity contribution is -0.153. The fourth-order valence-electron chi connectivity index (χ4n) is 2.65. The first-order valence-corrected chi connectivity index (χ1v) is 9.76. The number of hydrogen-bond acceptors (Lipinski definition) is 5. The molecule has 1 aromatic heterocycles. The number of carbonyl (C=O) groups is 1. The Kier molecular flexibility index (Phi) is 7.54. The molecule has 1 heterocycles. The molecule has 0 radical (unpaired) electrons. The molecule has 0 aliphatic rings. The van der Waals surface area contributed by atoms with Gasteiger partial charge in [-0.05, 0) is 48.9 Å². The van der Waals surface area contributed by atoms with Crippen LogP contribution in [0.3, 0.4) is 0 Å². The van der Waals surface area contributed by atoms with Crippen LogP contribution in [-0.4, -0.2) is 30.3 Å². The van der Waals surface area contributed by atoms with Crippen LogP contribution in [0.15, 0.2) is 66.9 Å². The fourth-order valence-corrected chi connectivity index (χ4v) is 2.65. The maximum absolute atomic E-state index is 12.3. The first kappa shape index (κ1) is 22.9. The molecular weight excluding hydrogens is 425 g/mol. The number of aromatic nitrogens is 1. The number of halogens is 3. The van der Waals surface area contributed by atoms with Gasteiger partial charge in [-0.15, -0.1) is 0 Å². The Hall–Kier alpha value is -3.75. The van der Waals surface area contributed by atoms with E-state index in [0.717, 1.165) is 5.56 Å². The molecule has 0 spiro atoms. The lowest BCUT2D eigenvalue weighted by Gasteiger charge is -2.11. The van der Waals surface area contributed by atoms with Crippen LogP contribution in [-0.2, 0) is 6.54 Å². The van der Waals surface area contributed by atoms with Gasteiger partial charge in [-0.3, -0.25) is 4.79 Å². The Morgan fingerprint density at radius 2 is 1.69 bits per heavy atom. The van der Waals surface area contributed by atoms with E-state index in [2.05, 4.69) is 15.0 Å². The number of nitrogens with zero attached hydrogens (tertiary/aromatic N) is 1. The van der Waals surface area contributed by atoms with Crippen LogP contribution in [0.1, 0.15) is 22.8 Å². The summed E-state index contributed by atoms with van der Waals surface area (Å²) in [4.78, 5) is 16.5. The van der Waals surface area contributed by atoms with Crippen molar-refractivity contribution in [2.24, 2.45) is 0 Å². The van der Waals surface area contributed by atoms with Gasteiger partial charge in [0.05, 0.1) is 6.61 Å². The summed E-state index contributed by atoms with van der Waals surface area (Å²) in [5.41, 5.74) is 1.04. The highest BCUT2D eigenvalue weighted by molar-refractivity contribution is 5.94. The van der Waals surface area contributed by atoms with Gasteiger partial charge in [0.2, 0.25) is 5.88 Å². The molecule has 3 rings (SSSR count). The summed E-state index contributed by atoms with van der Waals surface area (Å²) in [5, 5.41) is 2.73. The molecule has 0 aliphatic carbocycles. The van der Waals surface area contributed by atoms with Crippen molar-refractivity contribution in [2.45, 2.75) is 19.6 Å². The average molecular weight is 446 g/mol. The number of benzene rings is 2. The van der Waals surface area contributed by atoms with Crippen molar-refractivity contribution in [1.29, 1.82) is 0 Å². The predicted molar refractivity (Wildman–Crippen MR) is 111 cm³/mol. The minimum Gasteiger partial charge on any atom is -0.490 e. The molecule has 0 atom stereocenters. The largest absolute Gasteiger partial charge is 0.490 e. The molecule has 0 unspecified atom stereocenters. The van der Waals surface area contributed by atoms with E-state index in [-0.39, 0.29) is 18.2 Å². The van der Waals surface area contributed by atoms with Crippen LogP contribution in [0.2, 0.25) is 0 Å². The van der Waals surface area contributed by atoms with Crippen LogP contribution in [0.25, 0.3) is 0 Å². The Balaban J connectivity index is 1.52. The van der Waals surface area contributed by atoms with Gasteiger partial charge >= 0.3 is 6.18 Å². The topological polar surface area (TPSA) is 69.7 Å². The summed E-state index contributed by atoms with van der Waals surface area (Å²) in [6.45, 7) is 1.22. The molecule has 168 valence electrons. The zero-order valence-corrected chi connectivity index (χ0v) is 17.2. The quantitative estimate of drug-likeness (QED) is 0.493. The monoisotopic (exact) mass is 446 g/mol. The number of pyridine rings is 1. The third-order valence-corrected chi connectivity index (χ3v) is 4.13. The highest BCUT2D eigenvalue weighted by atomic mass is 19.4. The Morgan fingerprint density at radius 3 is 2.31 bits per heavy atom. The molecule has 2 aromatic carbocycles. The molecule has 0 saturated heterocycles. The molecule has 0 saturated carbocycles. The van der Waals surface area contributed by atoms with Gasteiger partial charge in [-0.2, -0.15) is 13.2 Å². The third kappa shape index (κ3) is 6.90. The van der Waals surface area contributed by atoms with Crippen molar-refractivity contribution in [3.8, 4) is 23.1 Å². The molecular formula is C23H21F3N2O4. The number of hydrogen-bond donors (Lipinski definition) is 1. The third-order valence-electron chi connectivity index (χ3n) is 4.13. The SMILES string of the molecule is CCOc1ccccc1Oc1ccc(CNC(=O)c2ccc(OCC(F)(F)F)cc2)cn1. The predicted octanol–water partition coefficient (Wildman–Crippen LogP) is 5.14. The van der Waals surface area contributed by atoms with Crippen molar-refractivity contribution in [3.63, 3.8) is 0 Å². The highest BCUT2D eigenvalue weighted by Crippen LogP contribution is 2.30. The van der Waals surface area contributed by atoms with Crippen LogP contribution in [0.4, 0.5) is 13.2 Å². The van der Waals surface area contributed by atoms with Gasteiger partial charge < -0.3 is 19.5 Å². The molecule has 0 aliphatic heterocycles. The number of rotatable bonds is 9. The normalized spacial score (nSPS) is 11.0.